The number of hydrogen-bond acceptors (Lipinski definition) is 3. The minimum atomic E-state index is 0.609. The molecule has 0 atom stereocenters. The number of hydrogen-bond donors (Lipinski definition) is 0. The largest absolute Gasteiger partial charge is 0.436 e. The van der Waals surface area contributed by atoms with Crippen molar-refractivity contribution >= 4 is 71.5 Å². The summed E-state index contributed by atoms with van der Waals surface area (Å²) in [5.41, 5.74) is 11.6. The summed E-state index contributed by atoms with van der Waals surface area (Å²) in [7, 11) is 0. The van der Waals surface area contributed by atoms with Crippen LogP contribution in [0.4, 0.5) is 17.1 Å². The van der Waals surface area contributed by atoms with Crippen LogP contribution in [0.1, 0.15) is 0 Å². The number of rotatable bonds is 6. The van der Waals surface area contributed by atoms with E-state index in [2.05, 4.69) is 179 Å². The van der Waals surface area contributed by atoms with E-state index in [0.717, 1.165) is 50.2 Å². The Balaban J connectivity index is 1.23. The summed E-state index contributed by atoms with van der Waals surface area (Å²) >= 11 is 0. The fourth-order valence-electron chi connectivity index (χ4n) is 8.35. The van der Waals surface area contributed by atoms with Crippen LogP contribution >= 0.6 is 0 Å². The predicted molar refractivity (Wildman–Crippen MR) is 229 cm³/mol. The third-order valence-corrected chi connectivity index (χ3v) is 10.8. The maximum Gasteiger partial charge on any atom is 0.227 e. The van der Waals surface area contributed by atoms with Gasteiger partial charge >= 0.3 is 0 Å². The summed E-state index contributed by atoms with van der Waals surface area (Å²) in [6, 6.07) is 71.1. The van der Waals surface area contributed by atoms with Crippen LogP contribution in [0.3, 0.4) is 0 Å². The summed E-state index contributed by atoms with van der Waals surface area (Å²) in [4.78, 5) is 7.44. The van der Waals surface area contributed by atoms with Crippen molar-refractivity contribution in [2.45, 2.75) is 0 Å². The SMILES string of the molecule is c1ccc(-c2nc3cc(N(c4ccc(-c5ccccc5)c5ccccc45)c4cc5c6ccccc6n(-c6ccccc6)c5c5ccccc45)ccc3o2)cc1. The lowest BCUT2D eigenvalue weighted by molar-refractivity contribution is 0.620. The lowest BCUT2D eigenvalue weighted by Gasteiger charge is -2.29. The van der Waals surface area contributed by atoms with Gasteiger partial charge in [0.1, 0.15) is 5.52 Å². The van der Waals surface area contributed by atoms with Gasteiger partial charge in [-0.3, -0.25) is 0 Å². The third-order valence-electron chi connectivity index (χ3n) is 10.8. The number of fused-ring (bicyclic) bond motifs is 7. The number of para-hydroxylation sites is 2. The van der Waals surface area contributed by atoms with Crippen molar-refractivity contribution in [3.8, 4) is 28.3 Å². The highest BCUT2D eigenvalue weighted by Crippen LogP contribution is 2.48. The summed E-state index contributed by atoms with van der Waals surface area (Å²) in [5.74, 6) is 0.609. The Morgan fingerprint density at radius 2 is 1.04 bits per heavy atom. The van der Waals surface area contributed by atoms with Gasteiger partial charge in [0.2, 0.25) is 5.89 Å². The minimum Gasteiger partial charge on any atom is -0.436 e. The van der Waals surface area contributed by atoms with Crippen molar-refractivity contribution in [3.05, 3.63) is 200 Å². The number of anilines is 3. The van der Waals surface area contributed by atoms with Crippen LogP contribution in [-0.4, -0.2) is 9.55 Å². The zero-order valence-electron chi connectivity index (χ0n) is 29.8. The molecule has 2 aromatic heterocycles. The number of aromatic nitrogens is 2. The topological polar surface area (TPSA) is 34.2 Å². The van der Waals surface area contributed by atoms with E-state index in [0.29, 0.717) is 5.89 Å². The third kappa shape index (κ3) is 5.03. The molecule has 2 heterocycles. The van der Waals surface area contributed by atoms with Crippen LogP contribution in [0.15, 0.2) is 205 Å². The van der Waals surface area contributed by atoms with Gasteiger partial charge in [0, 0.05) is 43.9 Å². The van der Waals surface area contributed by atoms with Crippen LogP contribution in [0.2, 0.25) is 0 Å². The van der Waals surface area contributed by atoms with Gasteiger partial charge in [0.25, 0.3) is 0 Å². The van der Waals surface area contributed by atoms with Crippen LogP contribution < -0.4 is 4.90 Å². The molecule has 11 rings (SSSR count). The van der Waals surface area contributed by atoms with Crippen molar-refractivity contribution in [2.75, 3.05) is 4.90 Å². The van der Waals surface area contributed by atoms with E-state index in [-0.39, 0.29) is 0 Å². The summed E-state index contributed by atoms with van der Waals surface area (Å²) < 4.78 is 8.74. The van der Waals surface area contributed by atoms with Crippen molar-refractivity contribution in [3.63, 3.8) is 0 Å². The monoisotopic (exact) mass is 703 g/mol. The molecule has 0 fully saturated rings. The zero-order valence-corrected chi connectivity index (χ0v) is 29.8. The molecule has 0 spiro atoms. The van der Waals surface area contributed by atoms with Crippen LogP contribution in [0.25, 0.3) is 82.7 Å². The summed E-state index contributed by atoms with van der Waals surface area (Å²) in [5, 5.41) is 7.07. The maximum atomic E-state index is 6.32. The predicted octanol–water partition coefficient (Wildman–Crippen LogP) is 14.0. The fourth-order valence-corrected chi connectivity index (χ4v) is 8.35. The highest BCUT2D eigenvalue weighted by Gasteiger charge is 2.24. The molecule has 0 bridgehead atoms. The first-order valence-electron chi connectivity index (χ1n) is 18.6. The smallest absolute Gasteiger partial charge is 0.227 e. The molecule has 4 heteroatoms. The second-order valence-electron chi connectivity index (χ2n) is 13.9. The molecule has 9 aromatic carbocycles. The molecule has 0 saturated carbocycles. The molecular formula is C51H33N3O. The maximum absolute atomic E-state index is 6.32. The Kier molecular flexibility index (Phi) is 7.14. The first-order chi connectivity index (χ1) is 27.3. The first kappa shape index (κ1) is 31.1. The standard InChI is InChI=1S/C51H33N3O/c1-4-16-34(17-5-1)38-29-30-47(40-23-11-10-22-39(38)40)53(37-28-31-49-45(32-37)52-51(55-49)35-18-6-2-7-19-35)48-33-44-42-25-14-15-27-46(42)54(36-20-8-3-9-21-36)50(44)43-26-13-12-24-41(43)48/h1-33H. The molecule has 258 valence electrons. The van der Waals surface area contributed by atoms with Crippen molar-refractivity contribution in [2.24, 2.45) is 0 Å². The van der Waals surface area contributed by atoms with E-state index in [9.17, 15) is 0 Å². The minimum absolute atomic E-state index is 0.609. The van der Waals surface area contributed by atoms with Crippen molar-refractivity contribution in [1.82, 2.24) is 9.55 Å². The van der Waals surface area contributed by atoms with Crippen LogP contribution in [-0.2, 0) is 0 Å². The highest BCUT2D eigenvalue weighted by molar-refractivity contribution is 6.23. The van der Waals surface area contributed by atoms with E-state index >= 15 is 0 Å². The van der Waals surface area contributed by atoms with E-state index < -0.39 is 0 Å². The number of benzene rings is 9. The van der Waals surface area contributed by atoms with Crippen molar-refractivity contribution in [1.29, 1.82) is 0 Å². The van der Waals surface area contributed by atoms with E-state index in [4.69, 9.17) is 9.40 Å². The van der Waals surface area contributed by atoms with Gasteiger partial charge in [-0.1, -0.05) is 140 Å². The molecule has 55 heavy (non-hydrogen) atoms. The second-order valence-corrected chi connectivity index (χ2v) is 13.9. The molecule has 0 aliphatic rings. The molecule has 0 radical (unpaired) electrons. The first-order valence-corrected chi connectivity index (χ1v) is 18.6. The van der Waals surface area contributed by atoms with Gasteiger partial charge in [-0.05, 0) is 77.2 Å². The fraction of sp³-hybridized carbons (Fsp3) is 0. The lowest BCUT2D eigenvalue weighted by atomic mass is 9.95. The van der Waals surface area contributed by atoms with Gasteiger partial charge in [-0.2, -0.15) is 0 Å². The molecule has 0 saturated heterocycles. The summed E-state index contributed by atoms with van der Waals surface area (Å²) in [6.45, 7) is 0. The molecule has 0 amide bonds. The highest BCUT2D eigenvalue weighted by atomic mass is 16.3. The average Bonchev–Trinajstić information content (AvgIpc) is 3.84. The molecule has 0 unspecified atom stereocenters. The Bertz CT molecular complexity index is 3200. The van der Waals surface area contributed by atoms with Crippen LogP contribution in [0.5, 0.6) is 0 Å². The second kappa shape index (κ2) is 12.6. The van der Waals surface area contributed by atoms with Gasteiger partial charge < -0.3 is 13.9 Å². The molecule has 11 aromatic rings. The average molecular weight is 704 g/mol. The number of nitrogens with zero attached hydrogens (tertiary/aromatic N) is 3. The molecule has 4 nitrogen and oxygen atoms in total. The van der Waals surface area contributed by atoms with Crippen LogP contribution in [0, 0.1) is 0 Å². The van der Waals surface area contributed by atoms with Gasteiger partial charge in [-0.25, -0.2) is 4.98 Å². The lowest BCUT2D eigenvalue weighted by Crippen LogP contribution is -2.11. The Morgan fingerprint density at radius 1 is 0.436 bits per heavy atom. The Labute approximate surface area is 317 Å². The van der Waals surface area contributed by atoms with E-state index in [1.54, 1.807) is 0 Å². The number of oxazole rings is 1. The summed E-state index contributed by atoms with van der Waals surface area (Å²) in [6.07, 6.45) is 0. The molecule has 0 N–H and O–H groups in total. The Morgan fingerprint density at radius 3 is 1.78 bits per heavy atom. The normalized spacial score (nSPS) is 11.6. The van der Waals surface area contributed by atoms with Gasteiger partial charge in [0.05, 0.1) is 22.4 Å². The molecule has 0 aliphatic heterocycles. The van der Waals surface area contributed by atoms with E-state index in [1.165, 1.54) is 43.7 Å². The molecular weight excluding hydrogens is 671 g/mol. The van der Waals surface area contributed by atoms with Gasteiger partial charge in [-0.15, -0.1) is 0 Å². The van der Waals surface area contributed by atoms with Crippen molar-refractivity contribution < 1.29 is 4.42 Å². The zero-order chi connectivity index (χ0) is 36.3. The van der Waals surface area contributed by atoms with E-state index in [1.807, 2.05) is 30.3 Å². The van der Waals surface area contributed by atoms with Gasteiger partial charge in [0.15, 0.2) is 5.58 Å². The molecule has 0 aliphatic carbocycles. The Hall–Kier alpha value is -7.43. The quantitative estimate of drug-likeness (QED) is 0.173.